The highest BCUT2D eigenvalue weighted by molar-refractivity contribution is 5.95. The molecule has 0 aliphatic heterocycles. The van der Waals surface area contributed by atoms with Crippen LogP contribution in [0.5, 0.6) is 5.75 Å². The van der Waals surface area contributed by atoms with Gasteiger partial charge in [0.25, 0.3) is 0 Å². The van der Waals surface area contributed by atoms with E-state index in [9.17, 15) is 19.1 Å². The summed E-state index contributed by atoms with van der Waals surface area (Å²) in [4.78, 5) is 24.3. The molecule has 6 nitrogen and oxygen atoms in total. The summed E-state index contributed by atoms with van der Waals surface area (Å²) in [6.07, 6.45) is 3.54. The van der Waals surface area contributed by atoms with Gasteiger partial charge in [-0.05, 0) is 50.0 Å². The van der Waals surface area contributed by atoms with Gasteiger partial charge in [0, 0.05) is 23.7 Å². The van der Waals surface area contributed by atoms with E-state index in [4.69, 9.17) is 10.5 Å². The number of alkyl halides is 1. The van der Waals surface area contributed by atoms with Gasteiger partial charge >= 0.3 is 5.97 Å². The molecule has 2 aromatic rings. The van der Waals surface area contributed by atoms with Gasteiger partial charge in [-0.2, -0.15) is 0 Å². The standard InChI is InChI=1S/C22H24F2N2O4/c1-21(25)7-10(8-22(21)3-4-22)16-14(24)5-11-17(19(16)30-2)26(15-6-13(15)23)9-12(18(11)27)20(28)29/h5,9-10,13,15H,3-4,6-8,25H2,1-2H3,(H,28,29). The summed E-state index contributed by atoms with van der Waals surface area (Å²) in [6.45, 7) is 2.00. The molecule has 0 bridgehead atoms. The van der Waals surface area contributed by atoms with Crippen molar-refractivity contribution in [2.45, 2.75) is 62.7 Å². The third kappa shape index (κ3) is 2.55. The Morgan fingerprint density at radius 3 is 2.53 bits per heavy atom. The van der Waals surface area contributed by atoms with Gasteiger partial charge in [0.15, 0.2) is 0 Å². The van der Waals surface area contributed by atoms with Crippen molar-refractivity contribution >= 4 is 16.9 Å². The minimum atomic E-state index is -1.43. The quantitative estimate of drug-likeness (QED) is 0.793. The summed E-state index contributed by atoms with van der Waals surface area (Å²) >= 11 is 0. The predicted molar refractivity (Wildman–Crippen MR) is 106 cm³/mol. The number of ether oxygens (including phenoxy) is 1. The molecule has 160 valence electrons. The number of carboxylic acid groups (broad SMARTS) is 1. The topological polar surface area (TPSA) is 94.6 Å². The highest BCUT2D eigenvalue weighted by atomic mass is 19.1. The predicted octanol–water partition coefficient (Wildman–Crippen LogP) is 3.51. The van der Waals surface area contributed by atoms with Crippen LogP contribution in [0.1, 0.15) is 66.9 Å². The number of pyridine rings is 1. The third-order valence-corrected chi connectivity index (χ3v) is 7.51. The number of aromatic carboxylic acids is 1. The van der Waals surface area contributed by atoms with E-state index in [-0.39, 0.29) is 34.4 Å². The zero-order valence-electron chi connectivity index (χ0n) is 16.9. The number of methoxy groups -OCH3 is 1. The lowest BCUT2D eigenvalue weighted by atomic mass is 9.87. The first-order valence-corrected chi connectivity index (χ1v) is 10.2. The van der Waals surface area contributed by atoms with Crippen molar-refractivity contribution in [3.8, 4) is 5.75 Å². The van der Waals surface area contributed by atoms with Gasteiger partial charge in [0.1, 0.15) is 23.3 Å². The van der Waals surface area contributed by atoms with Gasteiger partial charge in [0.2, 0.25) is 5.43 Å². The van der Waals surface area contributed by atoms with Crippen LogP contribution in [0.4, 0.5) is 8.78 Å². The summed E-state index contributed by atoms with van der Waals surface area (Å²) in [5.41, 5.74) is 5.41. The van der Waals surface area contributed by atoms with Crippen LogP contribution in [-0.2, 0) is 0 Å². The number of nitrogens with zero attached hydrogens (tertiary/aromatic N) is 1. The first-order valence-electron chi connectivity index (χ1n) is 10.2. The van der Waals surface area contributed by atoms with Crippen molar-refractivity contribution in [3.05, 3.63) is 39.4 Å². The maximum atomic E-state index is 15.4. The average molecular weight is 418 g/mol. The van der Waals surface area contributed by atoms with Crippen LogP contribution in [-0.4, -0.2) is 34.5 Å². The van der Waals surface area contributed by atoms with Gasteiger partial charge < -0.3 is 20.1 Å². The lowest BCUT2D eigenvalue weighted by Gasteiger charge is -2.26. The number of carbonyl (C=O) groups is 1. The van der Waals surface area contributed by atoms with Crippen molar-refractivity contribution in [1.82, 2.24) is 4.57 Å². The van der Waals surface area contributed by atoms with Gasteiger partial charge in [-0.3, -0.25) is 4.79 Å². The number of rotatable bonds is 4. The Morgan fingerprint density at radius 1 is 1.37 bits per heavy atom. The van der Waals surface area contributed by atoms with Crippen LogP contribution in [0.25, 0.3) is 10.9 Å². The Kier molecular flexibility index (Phi) is 3.92. The zero-order chi connectivity index (χ0) is 21.6. The van der Waals surface area contributed by atoms with Crippen LogP contribution in [0.15, 0.2) is 17.1 Å². The molecule has 3 saturated carbocycles. The number of hydrogen-bond acceptors (Lipinski definition) is 4. The highest BCUT2D eigenvalue weighted by Crippen LogP contribution is 2.66. The summed E-state index contributed by atoms with van der Waals surface area (Å²) in [5.74, 6) is -2.06. The highest BCUT2D eigenvalue weighted by Gasteiger charge is 2.61. The Bertz CT molecular complexity index is 1150. The minimum Gasteiger partial charge on any atom is -0.494 e. The molecule has 0 amide bonds. The van der Waals surface area contributed by atoms with E-state index in [1.807, 2.05) is 6.92 Å². The van der Waals surface area contributed by atoms with E-state index in [0.717, 1.165) is 31.5 Å². The molecule has 3 aliphatic rings. The second kappa shape index (κ2) is 6.03. The summed E-state index contributed by atoms with van der Waals surface area (Å²) < 4.78 is 36.4. The van der Waals surface area contributed by atoms with E-state index in [1.54, 1.807) is 0 Å². The molecule has 3 N–H and O–H groups in total. The fourth-order valence-electron chi connectivity index (χ4n) is 5.54. The lowest BCUT2D eigenvalue weighted by Crippen LogP contribution is -2.41. The van der Waals surface area contributed by atoms with E-state index < -0.39 is 40.5 Å². The Hall–Kier alpha value is -2.48. The SMILES string of the molecule is COc1c(C2CC(C)(N)C3(CC3)C2)c(F)cc2c(=O)c(C(=O)O)cn(C3CC3F)c12. The molecule has 0 radical (unpaired) electrons. The van der Waals surface area contributed by atoms with Crippen molar-refractivity contribution in [3.63, 3.8) is 0 Å². The monoisotopic (exact) mass is 418 g/mol. The van der Waals surface area contributed by atoms with Gasteiger partial charge in [-0.15, -0.1) is 0 Å². The second-order valence-corrected chi connectivity index (χ2v) is 9.41. The number of halogens is 2. The van der Waals surface area contributed by atoms with Gasteiger partial charge in [-0.25, -0.2) is 13.6 Å². The molecule has 3 fully saturated rings. The average Bonchev–Trinajstić information content (AvgIpc) is 3.57. The fourth-order valence-corrected chi connectivity index (χ4v) is 5.54. The summed E-state index contributed by atoms with van der Waals surface area (Å²) in [5, 5.41) is 9.31. The molecule has 1 aromatic carbocycles. The maximum absolute atomic E-state index is 15.4. The van der Waals surface area contributed by atoms with Crippen LogP contribution >= 0.6 is 0 Å². The maximum Gasteiger partial charge on any atom is 0.341 e. The van der Waals surface area contributed by atoms with Crippen LogP contribution < -0.4 is 15.9 Å². The second-order valence-electron chi connectivity index (χ2n) is 9.41. The molecule has 30 heavy (non-hydrogen) atoms. The normalized spacial score (nSPS) is 31.3. The van der Waals surface area contributed by atoms with Crippen molar-refractivity contribution in [1.29, 1.82) is 0 Å². The fraction of sp³-hybridized carbons (Fsp3) is 0.545. The molecule has 4 unspecified atom stereocenters. The number of nitrogens with two attached hydrogens (primary N) is 1. The minimum absolute atomic E-state index is 0.00255. The molecule has 0 saturated heterocycles. The van der Waals surface area contributed by atoms with Crippen LogP contribution in [0, 0.1) is 11.2 Å². The molecule has 4 atom stereocenters. The lowest BCUT2D eigenvalue weighted by molar-refractivity contribution is 0.0694. The largest absolute Gasteiger partial charge is 0.494 e. The molecule has 8 heteroatoms. The Labute approximate surface area is 171 Å². The zero-order valence-corrected chi connectivity index (χ0v) is 16.9. The Balaban J connectivity index is 1.78. The molecular formula is C22H24F2N2O4. The van der Waals surface area contributed by atoms with Crippen LogP contribution in [0.2, 0.25) is 0 Å². The smallest absolute Gasteiger partial charge is 0.341 e. The molecule has 1 heterocycles. The van der Waals surface area contributed by atoms with E-state index in [1.165, 1.54) is 11.7 Å². The van der Waals surface area contributed by atoms with Crippen molar-refractivity contribution in [2.24, 2.45) is 11.1 Å². The van der Waals surface area contributed by atoms with Gasteiger partial charge in [-0.1, -0.05) is 0 Å². The first kappa shape index (κ1) is 19.5. The number of benzene rings is 1. The van der Waals surface area contributed by atoms with Crippen molar-refractivity contribution in [2.75, 3.05) is 7.11 Å². The van der Waals surface area contributed by atoms with E-state index in [0.29, 0.717) is 12.0 Å². The number of carboxylic acids is 1. The molecular weight excluding hydrogens is 394 g/mol. The number of aromatic nitrogens is 1. The Morgan fingerprint density at radius 2 is 2.03 bits per heavy atom. The van der Waals surface area contributed by atoms with Gasteiger partial charge in [0.05, 0.1) is 24.1 Å². The summed E-state index contributed by atoms with van der Waals surface area (Å²) in [6, 6.07) is 0.483. The third-order valence-electron chi connectivity index (χ3n) is 7.51. The van der Waals surface area contributed by atoms with Crippen LogP contribution in [0.3, 0.4) is 0 Å². The first-order chi connectivity index (χ1) is 14.1. The molecule has 1 aromatic heterocycles. The van der Waals surface area contributed by atoms with Crippen molar-refractivity contribution < 1.29 is 23.4 Å². The van der Waals surface area contributed by atoms with E-state index in [2.05, 4.69) is 0 Å². The molecule has 1 spiro atoms. The summed E-state index contributed by atoms with van der Waals surface area (Å²) in [7, 11) is 1.39. The number of fused-ring (bicyclic) bond motifs is 1. The molecule has 5 rings (SSSR count). The number of hydrogen-bond donors (Lipinski definition) is 2. The molecule has 3 aliphatic carbocycles. The van der Waals surface area contributed by atoms with E-state index >= 15 is 4.39 Å².